The highest BCUT2D eigenvalue weighted by Gasteiger charge is 2.05. The van der Waals surface area contributed by atoms with Crippen molar-refractivity contribution < 1.29 is 0 Å². The summed E-state index contributed by atoms with van der Waals surface area (Å²) in [5, 5.41) is 0. The summed E-state index contributed by atoms with van der Waals surface area (Å²) in [4.78, 5) is 0. The maximum absolute atomic E-state index is 3.21. The fourth-order valence-corrected chi connectivity index (χ4v) is 1.03. The van der Waals surface area contributed by atoms with Gasteiger partial charge in [0.15, 0.2) is 0 Å². The molecule has 0 heterocycles. The molecule has 1 unspecified atom stereocenters. The van der Waals surface area contributed by atoms with Gasteiger partial charge in [-0.1, -0.05) is 6.92 Å². The lowest BCUT2D eigenvalue weighted by atomic mass is 10.0. The van der Waals surface area contributed by atoms with Crippen LogP contribution in [0.3, 0.4) is 0 Å². The van der Waals surface area contributed by atoms with E-state index in [2.05, 4.69) is 25.7 Å². The van der Waals surface area contributed by atoms with E-state index in [9.17, 15) is 0 Å². The number of hydrogen-bond acceptors (Lipinski definition) is 0. The summed E-state index contributed by atoms with van der Waals surface area (Å²) < 4.78 is 0. The van der Waals surface area contributed by atoms with Gasteiger partial charge in [-0.15, -0.1) is 5.73 Å². The smallest absolute Gasteiger partial charge is 0.0117 e. The molecule has 0 aromatic carbocycles. The van der Waals surface area contributed by atoms with Crippen molar-refractivity contribution in [3.05, 3.63) is 17.4 Å². The Morgan fingerprint density at radius 2 is 2.62 bits per heavy atom. The molecule has 44 valence electrons. The van der Waals surface area contributed by atoms with E-state index in [1.165, 1.54) is 18.4 Å². The van der Waals surface area contributed by atoms with Crippen molar-refractivity contribution in [3.8, 4) is 0 Å². The van der Waals surface area contributed by atoms with E-state index >= 15 is 0 Å². The summed E-state index contributed by atoms with van der Waals surface area (Å²) in [5.74, 6) is 0.801. The SMILES string of the molecule is CCC1C=C=C(C)C1. The van der Waals surface area contributed by atoms with Crippen LogP contribution in [0.15, 0.2) is 17.4 Å². The first-order valence-electron chi connectivity index (χ1n) is 3.25. The second-order valence-electron chi connectivity index (χ2n) is 2.46. The van der Waals surface area contributed by atoms with Gasteiger partial charge in [0.25, 0.3) is 0 Å². The molecule has 1 rings (SSSR count). The third kappa shape index (κ3) is 1.02. The highest BCUT2D eigenvalue weighted by Crippen LogP contribution is 2.19. The van der Waals surface area contributed by atoms with E-state index in [4.69, 9.17) is 0 Å². The van der Waals surface area contributed by atoms with Gasteiger partial charge in [0.2, 0.25) is 0 Å². The van der Waals surface area contributed by atoms with E-state index in [0.717, 1.165) is 5.92 Å². The highest BCUT2D eigenvalue weighted by molar-refractivity contribution is 5.09. The van der Waals surface area contributed by atoms with Crippen LogP contribution < -0.4 is 0 Å². The highest BCUT2D eigenvalue weighted by atomic mass is 14.1. The van der Waals surface area contributed by atoms with Crippen molar-refractivity contribution in [2.45, 2.75) is 26.7 Å². The van der Waals surface area contributed by atoms with Gasteiger partial charge >= 0.3 is 0 Å². The lowest BCUT2D eigenvalue weighted by Crippen LogP contribution is -1.88. The van der Waals surface area contributed by atoms with Crippen molar-refractivity contribution in [1.29, 1.82) is 0 Å². The lowest BCUT2D eigenvalue weighted by Gasteiger charge is -2.00. The van der Waals surface area contributed by atoms with Crippen molar-refractivity contribution in [2.24, 2.45) is 5.92 Å². The molecule has 0 saturated carbocycles. The third-order valence-electron chi connectivity index (χ3n) is 1.66. The van der Waals surface area contributed by atoms with Crippen molar-refractivity contribution in [2.75, 3.05) is 0 Å². The van der Waals surface area contributed by atoms with Gasteiger partial charge in [-0.3, -0.25) is 0 Å². The molecule has 1 atom stereocenters. The predicted octanol–water partition coefficient (Wildman–Crippen LogP) is 2.52. The molecule has 0 amide bonds. The van der Waals surface area contributed by atoms with Crippen LogP contribution in [0.2, 0.25) is 0 Å². The van der Waals surface area contributed by atoms with Crippen LogP contribution in [-0.2, 0) is 0 Å². The topological polar surface area (TPSA) is 0 Å². The molecule has 8 heavy (non-hydrogen) atoms. The van der Waals surface area contributed by atoms with Gasteiger partial charge in [0.05, 0.1) is 0 Å². The quantitative estimate of drug-likeness (QED) is 0.453. The van der Waals surface area contributed by atoms with Gasteiger partial charge in [0, 0.05) is 0 Å². The van der Waals surface area contributed by atoms with Crippen LogP contribution in [0.25, 0.3) is 0 Å². The molecular formula is C8H12. The Labute approximate surface area is 50.9 Å². The van der Waals surface area contributed by atoms with Crippen LogP contribution in [0.1, 0.15) is 26.7 Å². The third-order valence-corrected chi connectivity index (χ3v) is 1.66. The Bertz CT molecular complexity index is 136. The molecule has 0 heteroatoms. The second kappa shape index (κ2) is 2.19. The largest absolute Gasteiger partial charge is 0.126 e. The molecule has 0 nitrogen and oxygen atoms in total. The Morgan fingerprint density at radius 3 is 2.88 bits per heavy atom. The Hall–Kier alpha value is -0.480. The molecule has 0 radical (unpaired) electrons. The molecule has 0 bridgehead atoms. The molecule has 0 aromatic heterocycles. The first-order valence-corrected chi connectivity index (χ1v) is 3.25. The average molecular weight is 108 g/mol. The number of rotatable bonds is 1. The molecule has 0 spiro atoms. The minimum absolute atomic E-state index is 0.801. The van der Waals surface area contributed by atoms with Crippen LogP contribution >= 0.6 is 0 Å². The monoisotopic (exact) mass is 108 g/mol. The lowest BCUT2D eigenvalue weighted by molar-refractivity contribution is 0.638. The van der Waals surface area contributed by atoms with E-state index in [1.54, 1.807) is 0 Å². The molecule has 0 saturated heterocycles. The summed E-state index contributed by atoms with van der Waals surface area (Å²) >= 11 is 0. The van der Waals surface area contributed by atoms with Crippen LogP contribution in [0.5, 0.6) is 0 Å². The first kappa shape index (κ1) is 5.65. The molecule has 0 aliphatic heterocycles. The zero-order valence-corrected chi connectivity index (χ0v) is 5.57. The van der Waals surface area contributed by atoms with E-state index in [1.807, 2.05) is 0 Å². The zero-order valence-electron chi connectivity index (χ0n) is 5.57. The maximum atomic E-state index is 3.21. The molecule has 0 fully saturated rings. The van der Waals surface area contributed by atoms with Gasteiger partial charge in [-0.2, -0.15) is 0 Å². The summed E-state index contributed by atoms with van der Waals surface area (Å²) in [6, 6.07) is 0. The fourth-order valence-electron chi connectivity index (χ4n) is 1.03. The Kier molecular flexibility index (Phi) is 1.55. The fraction of sp³-hybridized carbons (Fsp3) is 0.625. The van der Waals surface area contributed by atoms with Crippen LogP contribution in [0.4, 0.5) is 0 Å². The standard InChI is InChI=1S/C8H12/c1-3-8-5-4-7(2)6-8/h5,8H,3,6H2,1-2H3. The zero-order chi connectivity index (χ0) is 5.98. The normalized spacial score (nSPS) is 26.2. The molecule has 0 N–H and O–H groups in total. The van der Waals surface area contributed by atoms with Gasteiger partial charge in [-0.05, 0) is 37.3 Å². The minimum atomic E-state index is 0.801. The average Bonchev–Trinajstić information content (AvgIpc) is 2.14. The Balaban J connectivity index is 2.46. The minimum Gasteiger partial charge on any atom is -0.126 e. The van der Waals surface area contributed by atoms with Crippen LogP contribution in [-0.4, -0.2) is 0 Å². The molecular weight excluding hydrogens is 96.1 g/mol. The summed E-state index contributed by atoms with van der Waals surface area (Å²) in [6.45, 7) is 4.37. The van der Waals surface area contributed by atoms with Gasteiger partial charge in [0.1, 0.15) is 0 Å². The van der Waals surface area contributed by atoms with Gasteiger partial charge < -0.3 is 0 Å². The summed E-state index contributed by atoms with van der Waals surface area (Å²) in [7, 11) is 0. The van der Waals surface area contributed by atoms with Gasteiger partial charge in [-0.25, -0.2) is 0 Å². The predicted molar refractivity (Wildman–Crippen MR) is 35.7 cm³/mol. The van der Waals surface area contributed by atoms with E-state index in [0.29, 0.717) is 0 Å². The molecule has 0 aromatic rings. The molecule has 1 aliphatic rings. The van der Waals surface area contributed by atoms with Crippen LogP contribution in [0, 0.1) is 5.92 Å². The molecule has 1 aliphatic carbocycles. The second-order valence-corrected chi connectivity index (χ2v) is 2.46. The summed E-state index contributed by atoms with van der Waals surface area (Å²) in [5.41, 5.74) is 4.63. The van der Waals surface area contributed by atoms with Crippen molar-refractivity contribution in [3.63, 3.8) is 0 Å². The van der Waals surface area contributed by atoms with Crippen molar-refractivity contribution >= 4 is 0 Å². The maximum Gasteiger partial charge on any atom is -0.0117 e. The van der Waals surface area contributed by atoms with E-state index in [-0.39, 0.29) is 0 Å². The Morgan fingerprint density at radius 1 is 1.88 bits per heavy atom. The number of hydrogen-bond donors (Lipinski definition) is 0. The summed E-state index contributed by atoms with van der Waals surface area (Å²) in [6.07, 6.45) is 4.70. The van der Waals surface area contributed by atoms with Crippen molar-refractivity contribution in [1.82, 2.24) is 0 Å². The van der Waals surface area contributed by atoms with E-state index < -0.39 is 0 Å². The number of allylic oxidation sites excluding steroid dienone is 1. The first-order chi connectivity index (χ1) is 3.83.